The van der Waals surface area contributed by atoms with Gasteiger partial charge in [-0.1, -0.05) is 91.0 Å². The van der Waals surface area contributed by atoms with Crippen molar-refractivity contribution in [2.45, 2.75) is 5.41 Å². The topological polar surface area (TPSA) is 26.3 Å². The first kappa shape index (κ1) is 17.4. The van der Waals surface area contributed by atoms with Gasteiger partial charge in [-0.05, 0) is 45.5 Å². The summed E-state index contributed by atoms with van der Waals surface area (Å²) < 4.78 is 4.88. The number of benzene rings is 4. The van der Waals surface area contributed by atoms with Gasteiger partial charge in [0.15, 0.2) is 0 Å². The second-order valence-corrected chi connectivity index (χ2v) is 7.28. The number of hydrogen-bond acceptors (Lipinski definition) is 2. The molecule has 0 unspecified atom stereocenters. The minimum atomic E-state index is -0.427. The number of hydrogen-bond donors (Lipinski definition) is 0. The van der Waals surface area contributed by atoms with E-state index in [0.29, 0.717) is 5.56 Å². The molecule has 0 saturated heterocycles. The smallest absolute Gasteiger partial charge is 0.337 e. The van der Waals surface area contributed by atoms with E-state index in [1.54, 1.807) is 0 Å². The van der Waals surface area contributed by atoms with Gasteiger partial charge in [-0.15, -0.1) is 0 Å². The highest BCUT2D eigenvalue weighted by atomic mass is 16.5. The zero-order valence-corrected chi connectivity index (χ0v) is 16.1. The van der Waals surface area contributed by atoms with Crippen molar-refractivity contribution in [2.24, 2.45) is 0 Å². The highest BCUT2D eigenvalue weighted by Crippen LogP contribution is 2.55. The molecule has 4 aromatic rings. The minimum absolute atomic E-state index is 0.322. The Hall–Kier alpha value is -3.65. The van der Waals surface area contributed by atoms with Crippen LogP contribution < -0.4 is 0 Å². The van der Waals surface area contributed by atoms with Crippen LogP contribution in [-0.4, -0.2) is 13.1 Å². The van der Waals surface area contributed by atoms with Gasteiger partial charge in [0.2, 0.25) is 0 Å². The van der Waals surface area contributed by atoms with Crippen LogP contribution in [0.2, 0.25) is 0 Å². The molecule has 0 amide bonds. The summed E-state index contributed by atoms with van der Waals surface area (Å²) in [5.41, 5.74) is 7.50. The van der Waals surface area contributed by atoms with E-state index in [9.17, 15) is 4.79 Å². The van der Waals surface area contributed by atoms with Gasteiger partial charge >= 0.3 is 5.97 Å². The third-order valence-electron chi connectivity index (χ3n) is 5.90. The van der Waals surface area contributed by atoms with Gasteiger partial charge < -0.3 is 4.74 Å². The summed E-state index contributed by atoms with van der Waals surface area (Å²) in [5.74, 6) is -0.322. The molecule has 0 atom stereocenters. The van der Waals surface area contributed by atoms with Crippen LogP contribution >= 0.6 is 0 Å². The van der Waals surface area contributed by atoms with Crippen molar-refractivity contribution in [2.75, 3.05) is 7.11 Å². The van der Waals surface area contributed by atoms with Gasteiger partial charge in [0.05, 0.1) is 18.1 Å². The largest absolute Gasteiger partial charge is 0.465 e. The molecule has 0 N–H and O–H groups in total. The summed E-state index contributed by atoms with van der Waals surface area (Å²) in [6, 6.07) is 35.6. The van der Waals surface area contributed by atoms with E-state index in [2.05, 4.69) is 84.9 Å². The van der Waals surface area contributed by atoms with Gasteiger partial charge in [0, 0.05) is 0 Å². The van der Waals surface area contributed by atoms with E-state index in [0.717, 1.165) is 5.56 Å². The first-order valence-electron chi connectivity index (χ1n) is 9.70. The van der Waals surface area contributed by atoms with E-state index in [1.165, 1.54) is 34.9 Å². The Balaban J connectivity index is 1.86. The number of esters is 1. The molecule has 0 fully saturated rings. The molecule has 1 aliphatic carbocycles. The van der Waals surface area contributed by atoms with Crippen LogP contribution in [0.3, 0.4) is 0 Å². The van der Waals surface area contributed by atoms with E-state index in [4.69, 9.17) is 4.74 Å². The molecule has 2 heteroatoms. The summed E-state index contributed by atoms with van der Waals surface area (Å²) in [7, 11) is 1.41. The van der Waals surface area contributed by atoms with Crippen molar-refractivity contribution in [1.82, 2.24) is 0 Å². The van der Waals surface area contributed by atoms with Crippen molar-refractivity contribution >= 4 is 5.97 Å². The second-order valence-electron chi connectivity index (χ2n) is 7.28. The van der Waals surface area contributed by atoms with Crippen LogP contribution in [0.4, 0.5) is 0 Å². The molecule has 1 aliphatic rings. The summed E-state index contributed by atoms with van der Waals surface area (Å²) >= 11 is 0. The van der Waals surface area contributed by atoms with Crippen LogP contribution in [0.25, 0.3) is 11.1 Å². The Labute approximate surface area is 170 Å². The van der Waals surface area contributed by atoms with Crippen LogP contribution in [0.5, 0.6) is 0 Å². The molecule has 4 aromatic carbocycles. The molecule has 0 heterocycles. The van der Waals surface area contributed by atoms with E-state index in [-0.39, 0.29) is 5.97 Å². The van der Waals surface area contributed by atoms with Crippen molar-refractivity contribution < 1.29 is 9.53 Å². The summed E-state index contributed by atoms with van der Waals surface area (Å²) in [6.07, 6.45) is 0. The van der Waals surface area contributed by atoms with Crippen molar-refractivity contribution in [3.05, 3.63) is 131 Å². The molecular formula is C27H20O2. The molecular weight excluding hydrogens is 356 g/mol. The lowest BCUT2D eigenvalue weighted by atomic mass is 9.67. The standard InChI is InChI=1S/C27H20O2/c1-29-26(28)19-15-17-21(18-16-19)27(20-9-3-2-4-10-20)24-13-7-5-11-22(24)23-12-6-8-14-25(23)27/h2-18H,1H3. The monoisotopic (exact) mass is 376 g/mol. The average molecular weight is 376 g/mol. The maximum absolute atomic E-state index is 12.0. The van der Waals surface area contributed by atoms with Crippen LogP contribution in [0.1, 0.15) is 32.6 Å². The Morgan fingerprint density at radius 3 is 1.66 bits per heavy atom. The molecule has 2 nitrogen and oxygen atoms in total. The predicted octanol–water partition coefficient (Wildman–Crippen LogP) is 5.84. The van der Waals surface area contributed by atoms with Crippen molar-refractivity contribution in [1.29, 1.82) is 0 Å². The predicted molar refractivity (Wildman–Crippen MR) is 115 cm³/mol. The van der Waals surface area contributed by atoms with Crippen molar-refractivity contribution in [3.63, 3.8) is 0 Å². The fraction of sp³-hybridized carbons (Fsp3) is 0.0741. The van der Waals surface area contributed by atoms with Crippen LogP contribution in [-0.2, 0) is 10.2 Å². The average Bonchev–Trinajstić information content (AvgIpc) is 3.11. The molecule has 0 spiro atoms. The molecule has 29 heavy (non-hydrogen) atoms. The number of methoxy groups -OCH3 is 1. The summed E-state index contributed by atoms with van der Waals surface area (Å²) in [4.78, 5) is 12.0. The van der Waals surface area contributed by atoms with Crippen LogP contribution in [0.15, 0.2) is 103 Å². The Morgan fingerprint density at radius 2 is 1.10 bits per heavy atom. The highest BCUT2D eigenvalue weighted by molar-refractivity contribution is 5.90. The van der Waals surface area contributed by atoms with Crippen molar-refractivity contribution in [3.8, 4) is 11.1 Å². The first-order valence-corrected chi connectivity index (χ1v) is 9.70. The zero-order valence-electron chi connectivity index (χ0n) is 16.1. The second kappa shape index (κ2) is 6.75. The molecule has 0 radical (unpaired) electrons. The molecule has 0 aromatic heterocycles. The maximum atomic E-state index is 12.0. The number of fused-ring (bicyclic) bond motifs is 3. The minimum Gasteiger partial charge on any atom is -0.465 e. The molecule has 5 rings (SSSR count). The van der Waals surface area contributed by atoms with Gasteiger partial charge in [0.25, 0.3) is 0 Å². The lowest BCUT2D eigenvalue weighted by molar-refractivity contribution is 0.0600. The number of carbonyl (C=O) groups is 1. The summed E-state index contributed by atoms with van der Waals surface area (Å²) in [5, 5.41) is 0. The quantitative estimate of drug-likeness (QED) is 0.370. The normalized spacial score (nSPS) is 13.4. The summed E-state index contributed by atoms with van der Waals surface area (Å²) in [6.45, 7) is 0. The van der Waals surface area contributed by atoms with Crippen LogP contribution in [0, 0.1) is 0 Å². The third-order valence-corrected chi connectivity index (χ3v) is 5.90. The molecule has 140 valence electrons. The zero-order chi connectivity index (χ0) is 19.8. The van der Waals surface area contributed by atoms with E-state index >= 15 is 0 Å². The number of ether oxygens (including phenoxy) is 1. The van der Waals surface area contributed by atoms with Gasteiger partial charge in [-0.3, -0.25) is 0 Å². The lowest BCUT2D eigenvalue weighted by Gasteiger charge is -2.33. The highest BCUT2D eigenvalue weighted by Gasteiger charge is 2.45. The Kier molecular flexibility index (Phi) is 4.06. The van der Waals surface area contributed by atoms with E-state index in [1.807, 2.05) is 18.2 Å². The number of carbonyl (C=O) groups excluding carboxylic acids is 1. The lowest BCUT2D eigenvalue weighted by Crippen LogP contribution is -2.28. The Bertz CT molecular complexity index is 1150. The molecule has 0 aliphatic heterocycles. The molecule has 0 saturated carbocycles. The SMILES string of the molecule is COC(=O)c1ccc(C2(c3ccccc3)c3ccccc3-c3ccccc32)cc1. The Morgan fingerprint density at radius 1 is 0.621 bits per heavy atom. The van der Waals surface area contributed by atoms with Gasteiger partial charge in [0.1, 0.15) is 0 Å². The van der Waals surface area contributed by atoms with Gasteiger partial charge in [-0.2, -0.15) is 0 Å². The fourth-order valence-corrected chi connectivity index (χ4v) is 4.69. The van der Waals surface area contributed by atoms with E-state index < -0.39 is 5.41 Å². The third kappa shape index (κ3) is 2.46. The first-order chi connectivity index (χ1) is 14.3. The maximum Gasteiger partial charge on any atom is 0.337 e. The fourth-order valence-electron chi connectivity index (χ4n) is 4.69. The van der Waals surface area contributed by atoms with Gasteiger partial charge in [-0.25, -0.2) is 4.79 Å². The number of rotatable bonds is 3. The molecule has 0 bridgehead atoms.